The van der Waals surface area contributed by atoms with Crippen LogP contribution in [0.25, 0.3) is 0 Å². The van der Waals surface area contributed by atoms with Crippen molar-refractivity contribution in [2.45, 2.75) is 33.9 Å². The van der Waals surface area contributed by atoms with E-state index in [-0.39, 0.29) is 0 Å². The van der Waals surface area contributed by atoms with Gasteiger partial charge in [-0.3, -0.25) is 0 Å². The second-order valence-electron chi connectivity index (χ2n) is 4.78. The number of nitrogens with zero attached hydrogens (tertiary/aromatic N) is 4. The predicted molar refractivity (Wildman–Crippen MR) is 66.9 cm³/mol. The summed E-state index contributed by atoms with van der Waals surface area (Å²) in [6.45, 7) is 8.50. The molecule has 1 N–H and O–H groups in total. The number of rotatable bonds is 6. The topological polar surface area (TPSA) is 68.8 Å². The molecule has 0 saturated carbocycles. The lowest BCUT2D eigenvalue weighted by Crippen LogP contribution is -2.19. The molecule has 2 aromatic heterocycles. The van der Waals surface area contributed by atoms with Crippen LogP contribution in [0.5, 0.6) is 0 Å². The Kier molecular flexibility index (Phi) is 4.09. The van der Waals surface area contributed by atoms with Gasteiger partial charge in [-0.1, -0.05) is 13.8 Å². The van der Waals surface area contributed by atoms with Crippen molar-refractivity contribution in [3.8, 4) is 0 Å². The highest BCUT2D eigenvalue weighted by Crippen LogP contribution is 2.03. The Bertz CT molecular complexity index is 488. The molecule has 0 aliphatic heterocycles. The van der Waals surface area contributed by atoms with Gasteiger partial charge in [-0.25, -0.2) is 4.98 Å². The lowest BCUT2D eigenvalue weighted by molar-refractivity contribution is 0.454. The van der Waals surface area contributed by atoms with Crippen LogP contribution >= 0.6 is 0 Å². The average Bonchev–Trinajstić information content (AvgIpc) is 2.89. The number of aryl methyl sites for hydroxylation is 1. The molecule has 0 amide bonds. The number of hydrogen-bond donors (Lipinski definition) is 1. The van der Waals surface area contributed by atoms with Gasteiger partial charge in [-0.2, -0.15) is 0 Å². The van der Waals surface area contributed by atoms with Gasteiger partial charge < -0.3 is 14.3 Å². The lowest BCUT2D eigenvalue weighted by atomic mass is 10.2. The minimum absolute atomic E-state index is 0.567. The van der Waals surface area contributed by atoms with Gasteiger partial charge in [0.25, 0.3) is 0 Å². The SMILES string of the molecule is Cc1nnc(Cn2cnc(CNCC(C)C)c2)o1. The van der Waals surface area contributed by atoms with Crippen molar-refractivity contribution in [2.75, 3.05) is 6.54 Å². The van der Waals surface area contributed by atoms with Gasteiger partial charge in [0, 0.05) is 19.7 Å². The van der Waals surface area contributed by atoms with E-state index in [1.807, 2.05) is 10.8 Å². The molecule has 98 valence electrons. The Morgan fingerprint density at radius 1 is 1.39 bits per heavy atom. The highest BCUT2D eigenvalue weighted by Gasteiger charge is 2.05. The molecule has 0 fully saturated rings. The largest absolute Gasteiger partial charge is 0.424 e. The summed E-state index contributed by atoms with van der Waals surface area (Å²) in [5.74, 6) is 1.84. The van der Waals surface area contributed by atoms with Crippen LogP contribution in [-0.2, 0) is 13.1 Å². The number of hydrogen-bond acceptors (Lipinski definition) is 5. The summed E-state index contributed by atoms with van der Waals surface area (Å²) < 4.78 is 7.27. The van der Waals surface area contributed by atoms with Gasteiger partial charge in [-0.05, 0) is 12.5 Å². The van der Waals surface area contributed by atoms with Gasteiger partial charge in [0.1, 0.15) is 6.54 Å². The van der Waals surface area contributed by atoms with Crippen molar-refractivity contribution < 1.29 is 4.42 Å². The number of nitrogens with one attached hydrogen (secondary N) is 1. The highest BCUT2D eigenvalue weighted by molar-refractivity contribution is 4.97. The van der Waals surface area contributed by atoms with E-state index in [0.717, 1.165) is 18.8 Å². The van der Waals surface area contributed by atoms with Crippen molar-refractivity contribution in [1.29, 1.82) is 0 Å². The smallest absolute Gasteiger partial charge is 0.236 e. The van der Waals surface area contributed by atoms with E-state index in [4.69, 9.17) is 4.42 Å². The Morgan fingerprint density at radius 2 is 2.22 bits per heavy atom. The molecule has 0 atom stereocenters. The molecular formula is C12H19N5O. The van der Waals surface area contributed by atoms with Gasteiger partial charge in [-0.15, -0.1) is 10.2 Å². The third-order valence-corrected chi connectivity index (χ3v) is 2.43. The van der Waals surface area contributed by atoms with Crippen LogP contribution in [0.1, 0.15) is 31.3 Å². The van der Waals surface area contributed by atoms with Crippen molar-refractivity contribution in [3.05, 3.63) is 30.0 Å². The molecule has 2 rings (SSSR count). The first-order valence-corrected chi connectivity index (χ1v) is 6.14. The summed E-state index contributed by atoms with van der Waals surface area (Å²) >= 11 is 0. The van der Waals surface area contributed by atoms with Crippen molar-refractivity contribution in [3.63, 3.8) is 0 Å². The molecular weight excluding hydrogens is 230 g/mol. The monoisotopic (exact) mass is 249 g/mol. The zero-order valence-electron chi connectivity index (χ0n) is 11.1. The van der Waals surface area contributed by atoms with Crippen LogP contribution in [0.2, 0.25) is 0 Å². The molecule has 6 heteroatoms. The third-order valence-electron chi connectivity index (χ3n) is 2.43. The zero-order valence-corrected chi connectivity index (χ0v) is 11.1. The first-order valence-electron chi connectivity index (χ1n) is 6.14. The normalized spacial score (nSPS) is 11.3. The quantitative estimate of drug-likeness (QED) is 0.837. The average molecular weight is 249 g/mol. The highest BCUT2D eigenvalue weighted by atomic mass is 16.4. The molecule has 0 bridgehead atoms. The fourth-order valence-corrected chi connectivity index (χ4v) is 1.63. The minimum Gasteiger partial charge on any atom is -0.424 e. The Hall–Kier alpha value is -1.69. The van der Waals surface area contributed by atoms with Gasteiger partial charge in [0.15, 0.2) is 0 Å². The van der Waals surface area contributed by atoms with E-state index in [9.17, 15) is 0 Å². The molecule has 0 aliphatic carbocycles. The molecule has 2 aromatic rings. The zero-order chi connectivity index (χ0) is 13.0. The van der Waals surface area contributed by atoms with E-state index < -0.39 is 0 Å². The summed E-state index contributed by atoms with van der Waals surface area (Å²) in [6.07, 6.45) is 3.78. The standard InChI is InChI=1S/C12H19N5O/c1-9(2)4-13-5-11-6-17(8-14-11)7-12-16-15-10(3)18-12/h6,8-9,13H,4-5,7H2,1-3H3. The van der Waals surface area contributed by atoms with E-state index in [1.54, 1.807) is 13.3 Å². The van der Waals surface area contributed by atoms with E-state index in [2.05, 4.69) is 34.3 Å². The van der Waals surface area contributed by atoms with Crippen LogP contribution < -0.4 is 5.32 Å². The van der Waals surface area contributed by atoms with Crippen LogP contribution in [0.3, 0.4) is 0 Å². The van der Waals surface area contributed by atoms with E-state index in [0.29, 0.717) is 24.2 Å². The van der Waals surface area contributed by atoms with Crippen LogP contribution in [0.15, 0.2) is 16.9 Å². The maximum atomic E-state index is 5.32. The second kappa shape index (κ2) is 5.77. The fraction of sp³-hybridized carbons (Fsp3) is 0.583. The fourth-order valence-electron chi connectivity index (χ4n) is 1.63. The van der Waals surface area contributed by atoms with Crippen LogP contribution in [-0.4, -0.2) is 26.3 Å². The molecule has 0 spiro atoms. The predicted octanol–water partition coefficient (Wildman–Crippen LogP) is 1.37. The van der Waals surface area contributed by atoms with Crippen molar-refractivity contribution in [2.24, 2.45) is 5.92 Å². The summed E-state index contributed by atoms with van der Waals surface area (Å²) in [4.78, 5) is 4.33. The molecule has 18 heavy (non-hydrogen) atoms. The lowest BCUT2D eigenvalue weighted by Gasteiger charge is -2.04. The Labute approximate surface area is 106 Å². The maximum Gasteiger partial charge on any atom is 0.236 e. The number of aromatic nitrogens is 4. The molecule has 2 heterocycles. The molecule has 0 aliphatic rings. The first-order chi connectivity index (χ1) is 8.63. The summed E-state index contributed by atoms with van der Waals surface area (Å²) in [7, 11) is 0. The summed E-state index contributed by atoms with van der Waals surface area (Å²) in [6, 6.07) is 0. The van der Waals surface area contributed by atoms with Gasteiger partial charge in [0.05, 0.1) is 12.0 Å². The molecule has 6 nitrogen and oxygen atoms in total. The van der Waals surface area contributed by atoms with Gasteiger partial charge in [0.2, 0.25) is 11.8 Å². The first kappa shape index (κ1) is 12.8. The van der Waals surface area contributed by atoms with Crippen LogP contribution in [0, 0.1) is 12.8 Å². The van der Waals surface area contributed by atoms with Crippen molar-refractivity contribution >= 4 is 0 Å². The Balaban J connectivity index is 1.86. The third kappa shape index (κ3) is 3.66. The molecule has 0 aromatic carbocycles. The van der Waals surface area contributed by atoms with Gasteiger partial charge >= 0.3 is 0 Å². The van der Waals surface area contributed by atoms with Crippen LogP contribution in [0.4, 0.5) is 0 Å². The second-order valence-corrected chi connectivity index (χ2v) is 4.78. The number of imidazole rings is 1. The molecule has 0 unspecified atom stereocenters. The molecule has 0 radical (unpaired) electrons. The Morgan fingerprint density at radius 3 is 2.89 bits per heavy atom. The maximum absolute atomic E-state index is 5.32. The van der Waals surface area contributed by atoms with E-state index in [1.165, 1.54) is 0 Å². The summed E-state index contributed by atoms with van der Waals surface area (Å²) in [5.41, 5.74) is 1.02. The van der Waals surface area contributed by atoms with Crippen molar-refractivity contribution in [1.82, 2.24) is 25.1 Å². The summed E-state index contributed by atoms with van der Waals surface area (Å²) in [5, 5.41) is 11.1. The molecule has 0 saturated heterocycles. The van der Waals surface area contributed by atoms with E-state index >= 15 is 0 Å². The minimum atomic E-state index is 0.567.